The van der Waals surface area contributed by atoms with Gasteiger partial charge in [-0.2, -0.15) is 14.9 Å². The summed E-state index contributed by atoms with van der Waals surface area (Å²) in [5.74, 6) is -0.0217. The highest BCUT2D eigenvalue weighted by Gasteiger charge is 2.07. The van der Waals surface area contributed by atoms with Crippen molar-refractivity contribution in [2.75, 3.05) is 7.11 Å². The van der Waals surface area contributed by atoms with Crippen LogP contribution in [0.5, 0.6) is 5.75 Å². The summed E-state index contributed by atoms with van der Waals surface area (Å²) in [6.07, 6.45) is 1.75. The van der Waals surface area contributed by atoms with Gasteiger partial charge >= 0.3 is 0 Å². The van der Waals surface area contributed by atoms with Gasteiger partial charge in [-0.25, -0.2) is 8.78 Å². The molecule has 3 aromatic rings. The van der Waals surface area contributed by atoms with Crippen LogP contribution in [0.2, 0.25) is 0 Å². The lowest BCUT2D eigenvalue weighted by atomic mass is 10.1. The largest absolute Gasteiger partial charge is 0.497 e. The van der Waals surface area contributed by atoms with Gasteiger partial charge in [0.05, 0.1) is 13.3 Å². The van der Waals surface area contributed by atoms with E-state index in [2.05, 4.69) is 15.3 Å². The Kier molecular flexibility index (Phi) is 4.99. The van der Waals surface area contributed by atoms with Crippen LogP contribution in [0.25, 0.3) is 0 Å². The van der Waals surface area contributed by atoms with Crippen LogP contribution in [-0.4, -0.2) is 28.2 Å². The molecule has 0 bridgehead atoms. The van der Waals surface area contributed by atoms with Gasteiger partial charge in [-0.1, -0.05) is 12.1 Å². The summed E-state index contributed by atoms with van der Waals surface area (Å²) in [6, 6.07) is 10.8. The number of halogens is 2. The van der Waals surface area contributed by atoms with Crippen molar-refractivity contribution in [2.24, 2.45) is 5.10 Å². The zero-order chi connectivity index (χ0) is 17.8. The average molecular weight is 360 g/mol. The molecular formula is C17H14F2N4OS. The van der Waals surface area contributed by atoms with E-state index in [0.717, 1.165) is 23.4 Å². The normalized spacial score (nSPS) is 11.2. The van der Waals surface area contributed by atoms with E-state index in [9.17, 15) is 8.78 Å². The molecule has 1 aromatic heterocycles. The SMILES string of the molecule is COc1ccc(Cc2n[nH]c(=S)n2/N=C\c2ccc(F)cc2F)cc1. The Labute approximate surface area is 147 Å². The van der Waals surface area contributed by atoms with Crippen molar-refractivity contribution in [1.29, 1.82) is 0 Å². The Morgan fingerprint density at radius 3 is 2.68 bits per heavy atom. The molecular weight excluding hydrogens is 346 g/mol. The summed E-state index contributed by atoms with van der Waals surface area (Å²) in [5, 5.41) is 11.0. The molecule has 0 amide bonds. The van der Waals surface area contributed by atoms with Crippen LogP contribution >= 0.6 is 12.2 Å². The molecule has 128 valence electrons. The second-order valence-corrected chi connectivity index (χ2v) is 5.58. The number of nitrogens with one attached hydrogen (secondary N) is 1. The van der Waals surface area contributed by atoms with E-state index >= 15 is 0 Å². The zero-order valence-corrected chi connectivity index (χ0v) is 14.1. The van der Waals surface area contributed by atoms with Gasteiger partial charge in [-0.3, -0.25) is 5.10 Å². The minimum Gasteiger partial charge on any atom is -0.497 e. The van der Waals surface area contributed by atoms with E-state index in [0.29, 0.717) is 12.2 Å². The van der Waals surface area contributed by atoms with Crippen molar-refractivity contribution in [1.82, 2.24) is 14.9 Å². The van der Waals surface area contributed by atoms with Gasteiger partial charge in [0.25, 0.3) is 0 Å². The molecule has 0 unspecified atom stereocenters. The van der Waals surface area contributed by atoms with Gasteiger partial charge in [0.15, 0.2) is 5.82 Å². The van der Waals surface area contributed by atoms with Crippen molar-refractivity contribution >= 4 is 18.4 Å². The zero-order valence-electron chi connectivity index (χ0n) is 13.2. The third kappa shape index (κ3) is 3.97. The lowest BCUT2D eigenvalue weighted by Crippen LogP contribution is -2.01. The minimum atomic E-state index is -0.699. The molecule has 8 heteroatoms. The highest BCUT2D eigenvalue weighted by atomic mass is 32.1. The summed E-state index contributed by atoms with van der Waals surface area (Å²) in [6.45, 7) is 0. The summed E-state index contributed by atoms with van der Waals surface area (Å²) in [5.41, 5.74) is 1.14. The van der Waals surface area contributed by atoms with Crippen LogP contribution in [0, 0.1) is 16.4 Å². The first kappa shape index (κ1) is 17.0. The van der Waals surface area contributed by atoms with Gasteiger partial charge in [0.2, 0.25) is 4.77 Å². The fraction of sp³-hybridized carbons (Fsp3) is 0.118. The molecule has 3 rings (SSSR count). The highest BCUT2D eigenvalue weighted by molar-refractivity contribution is 7.71. The van der Waals surface area contributed by atoms with E-state index in [-0.39, 0.29) is 10.3 Å². The Morgan fingerprint density at radius 1 is 1.24 bits per heavy atom. The van der Waals surface area contributed by atoms with Crippen molar-refractivity contribution < 1.29 is 13.5 Å². The summed E-state index contributed by atoms with van der Waals surface area (Å²) in [4.78, 5) is 0. The molecule has 1 N–H and O–H groups in total. The van der Waals surface area contributed by atoms with Gasteiger partial charge in [-0.15, -0.1) is 0 Å². The predicted octanol–water partition coefficient (Wildman–Crippen LogP) is 3.70. The molecule has 2 aromatic carbocycles. The standard InChI is InChI=1S/C17H14F2N4OS/c1-24-14-6-2-11(3-7-14)8-16-21-22-17(25)23(16)20-10-12-4-5-13(18)9-15(12)19/h2-7,9-10H,8H2,1H3,(H,22,25)/b20-10-. The maximum atomic E-state index is 13.7. The number of aromatic amines is 1. The van der Waals surface area contributed by atoms with Crippen LogP contribution in [-0.2, 0) is 6.42 Å². The smallest absolute Gasteiger partial charge is 0.216 e. The first-order valence-corrected chi connectivity index (χ1v) is 7.76. The molecule has 0 spiro atoms. The molecule has 0 saturated carbocycles. The van der Waals surface area contributed by atoms with E-state index in [1.54, 1.807) is 7.11 Å². The van der Waals surface area contributed by atoms with Crippen molar-refractivity contribution in [3.05, 3.63) is 75.8 Å². The number of rotatable bonds is 5. The van der Waals surface area contributed by atoms with Gasteiger partial charge in [0.1, 0.15) is 17.4 Å². The molecule has 5 nitrogen and oxygen atoms in total. The number of hydrogen-bond acceptors (Lipinski definition) is 4. The number of nitrogens with zero attached hydrogens (tertiary/aromatic N) is 3. The van der Waals surface area contributed by atoms with Gasteiger partial charge in [-0.05, 0) is 42.0 Å². The molecule has 0 aliphatic rings. The van der Waals surface area contributed by atoms with Crippen LogP contribution in [0.4, 0.5) is 8.78 Å². The fourth-order valence-electron chi connectivity index (χ4n) is 2.21. The third-order valence-corrected chi connectivity index (χ3v) is 3.78. The third-order valence-electron chi connectivity index (χ3n) is 3.51. The summed E-state index contributed by atoms with van der Waals surface area (Å²) >= 11 is 5.16. The molecule has 0 atom stereocenters. The van der Waals surface area contributed by atoms with Crippen molar-refractivity contribution in [3.63, 3.8) is 0 Å². The minimum absolute atomic E-state index is 0.153. The Hall–Kier alpha value is -2.87. The van der Waals surface area contributed by atoms with Crippen LogP contribution in [0.3, 0.4) is 0 Å². The number of methoxy groups -OCH3 is 1. The average Bonchev–Trinajstić information content (AvgIpc) is 2.95. The topological polar surface area (TPSA) is 55.2 Å². The molecule has 25 heavy (non-hydrogen) atoms. The first-order valence-electron chi connectivity index (χ1n) is 7.35. The number of aromatic nitrogens is 3. The molecule has 0 aliphatic carbocycles. The van der Waals surface area contributed by atoms with E-state index in [1.807, 2.05) is 24.3 Å². The monoisotopic (exact) mass is 360 g/mol. The van der Waals surface area contributed by atoms with Gasteiger partial charge in [0, 0.05) is 18.1 Å². The molecule has 0 fully saturated rings. The predicted molar refractivity (Wildman–Crippen MR) is 92.6 cm³/mol. The van der Waals surface area contributed by atoms with E-state index < -0.39 is 11.6 Å². The Balaban J connectivity index is 1.86. The second-order valence-electron chi connectivity index (χ2n) is 5.19. The second kappa shape index (κ2) is 7.35. The number of ether oxygens (including phenoxy) is 1. The van der Waals surface area contributed by atoms with Crippen LogP contribution < -0.4 is 4.74 Å². The van der Waals surface area contributed by atoms with Crippen LogP contribution in [0.15, 0.2) is 47.6 Å². The Morgan fingerprint density at radius 2 is 2.00 bits per heavy atom. The molecule has 0 radical (unpaired) electrons. The quantitative estimate of drug-likeness (QED) is 0.558. The number of benzene rings is 2. The lowest BCUT2D eigenvalue weighted by Gasteiger charge is -2.03. The number of hydrogen-bond donors (Lipinski definition) is 1. The molecule has 1 heterocycles. The first-order chi connectivity index (χ1) is 12.1. The maximum Gasteiger partial charge on any atom is 0.216 e. The van der Waals surface area contributed by atoms with Gasteiger partial charge < -0.3 is 4.74 Å². The summed E-state index contributed by atoms with van der Waals surface area (Å²) in [7, 11) is 1.60. The van der Waals surface area contributed by atoms with Crippen LogP contribution in [0.1, 0.15) is 17.0 Å². The summed E-state index contributed by atoms with van der Waals surface area (Å²) < 4.78 is 33.5. The number of H-pyrrole nitrogens is 1. The van der Waals surface area contributed by atoms with Crippen molar-refractivity contribution in [3.8, 4) is 5.75 Å². The van der Waals surface area contributed by atoms with E-state index in [1.165, 1.54) is 17.0 Å². The maximum absolute atomic E-state index is 13.7. The van der Waals surface area contributed by atoms with E-state index in [4.69, 9.17) is 17.0 Å². The molecule has 0 saturated heterocycles. The Bertz CT molecular complexity index is 964. The highest BCUT2D eigenvalue weighted by Crippen LogP contribution is 2.14. The lowest BCUT2D eigenvalue weighted by molar-refractivity contribution is 0.414. The van der Waals surface area contributed by atoms with Crippen molar-refractivity contribution in [2.45, 2.75) is 6.42 Å². The fourth-order valence-corrected chi connectivity index (χ4v) is 2.41. The molecule has 0 aliphatic heterocycles.